The molecule has 0 aromatic heterocycles. The lowest BCUT2D eigenvalue weighted by Gasteiger charge is -2.09. The molecule has 0 aliphatic carbocycles. The van der Waals surface area contributed by atoms with Gasteiger partial charge in [-0.25, -0.2) is 0 Å². The van der Waals surface area contributed by atoms with Gasteiger partial charge in [-0.05, 0) is 42.2 Å². The van der Waals surface area contributed by atoms with Crippen molar-refractivity contribution >= 4 is 5.69 Å². The van der Waals surface area contributed by atoms with Gasteiger partial charge in [-0.1, -0.05) is 49.7 Å². The molecule has 0 spiro atoms. The summed E-state index contributed by atoms with van der Waals surface area (Å²) in [5.74, 6) is 0. The minimum atomic E-state index is 0.889. The number of rotatable bonds is 5. The van der Waals surface area contributed by atoms with Crippen molar-refractivity contribution in [3.63, 3.8) is 0 Å². The highest BCUT2D eigenvalue weighted by Gasteiger charge is 1.97. The molecule has 1 heteroatoms. The molecule has 0 unspecified atom stereocenters. The van der Waals surface area contributed by atoms with Crippen LogP contribution in [0.15, 0.2) is 48.5 Å². The summed E-state index contributed by atoms with van der Waals surface area (Å²) in [5.41, 5.74) is 5.31. The summed E-state index contributed by atoms with van der Waals surface area (Å²) in [5, 5.41) is 3.47. The lowest BCUT2D eigenvalue weighted by Crippen LogP contribution is -2.01. The number of benzene rings is 2. The predicted molar refractivity (Wildman–Crippen MR) is 78.9 cm³/mol. The minimum Gasteiger partial charge on any atom is -0.381 e. The van der Waals surface area contributed by atoms with E-state index in [1.54, 1.807) is 0 Å². The number of aryl methyl sites for hydroxylation is 2. The zero-order valence-electron chi connectivity index (χ0n) is 11.2. The molecule has 94 valence electrons. The van der Waals surface area contributed by atoms with Gasteiger partial charge in [0.05, 0.1) is 0 Å². The lowest BCUT2D eigenvalue weighted by atomic mass is 10.1. The highest BCUT2D eigenvalue weighted by atomic mass is 14.9. The lowest BCUT2D eigenvalue weighted by molar-refractivity contribution is 0.922. The number of anilines is 1. The van der Waals surface area contributed by atoms with Gasteiger partial charge in [0.15, 0.2) is 0 Å². The molecule has 2 aromatic rings. The van der Waals surface area contributed by atoms with E-state index in [0.29, 0.717) is 0 Å². The fourth-order valence-corrected chi connectivity index (χ4v) is 2.08. The highest BCUT2D eigenvalue weighted by Crippen LogP contribution is 2.14. The molecule has 0 amide bonds. The first-order valence-corrected chi connectivity index (χ1v) is 6.67. The molecule has 1 N–H and O–H groups in total. The quantitative estimate of drug-likeness (QED) is 0.806. The van der Waals surface area contributed by atoms with Crippen molar-refractivity contribution in [1.82, 2.24) is 0 Å². The SMILES string of the molecule is CCCc1ccc(NCc2ccccc2C)cc1. The first-order valence-electron chi connectivity index (χ1n) is 6.67. The van der Waals surface area contributed by atoms with Crippen LogP contribution >= 0.6 is 0 Å². The van der Waals surface area contributed by atoms with E-state index in [0.717, 1.165) is 13.0 Å². The molecule has 0 heterocycles. The Morgan fingerprint density at radius 2 is 1.67 bits per heavy atom. The third kappa shape index (κ3) is 3.36. The molecule has 0 saturated heterocycles. The molecular weight excluding hydrogens is 218 g/mol. The number of hydrogen-bond donors (Lipinski definition) is 1. The van der Waals surface area contributed by atoms with Crippen LogP contribution in [-0.4, -0.2) is 0 Å². The van der Waals surface area contributed by atoms with E-state index in [1.165, 1.54) is 28.8 Å². The fraction of sp³-hybridized carbons (Fsp3) is 0.294. The van der Waals surface area contributed by atoms with Gasteiger partial charge in [0.2, 0.25) is 0 Å². The van der Waals surface area contributed by atoms with E-state index in [2.05, 4.69) is 67.7 Å². The van der Waals surface area contributed by atoms with Crippen molar-refractivity contribution in [2.45, 2.75) is 33.2 Å². The second-order valence-electron chi connectivity index (χ2n) is 4.73. The summed E-state index contributed by atoms with van der Waals surface area (Å²) >= 11 is 0. The molecule has 18 heavy (non-hydrogen) atoms. The van der Waals surface area contributed by atoms with Gasteiger partial charge in [0, 0.05) is 12.2 Å². The summed E-state index contributed by atoms with van der Waals surface area (Å²) in [7, 11) is 0. The van der Waals surface area contributed by atoms with E-state index in [4.69, 9.17) is 0 Å². The highest BCUT2D eigenvalue weighted by molar-refractivity contribution is 5.45. The fourth-order valence-electron chi connectivity index (χ4n) is 2.08. The Morgan fingerprint density at radius 1 is 0.944 bits per heavy atom. The second-order valence-corrected chi connectivity index (χ2v) is 4.73. The van der Waals surface area contributed by atoms with E-state index in [1.807, 2.05) is 0 Å². The number of nitrogens with one attached hydrogen (secondary N) is 1. The van der Waals surface area contributed by atoms with Crippen LogP contribution in [0.5, 0.6) is 0 Å². The van der Waals surface area contributed by atoms with Crippen molar-refractivity contribution in [1.29, 1.82) is 0 Å². The Hall–Kier alpha value is -1.76. The molecule has 2 rings (SSSR count). The van der Waals surface area contributed by atoms with Crippen molar-refractivity contribution in [3.8, 4) is 0 Å². The van der Waals surface area contributed by atoms with Crippen LogP contribution in [0, 0.1) is 6.92 Å². The van der Waals surface area contributed by atoms with E-state index < -0.39 is 0 Å². The zero-order chi connectivity index (χ0) is 12.8. The molecule has 1 nitrogen and oxygen atoms in total. The van der Waals surface area contributed by atoms with Crippen molar-refractivity contribution in [2.75, 3.05) is 5.32 Å². The summed E-state index contributed by atoms with van der Waals surface area (Å²) in [6.45, 7) is 5.26. The van der Waals surface area contributed by atoms with Crippen molar-refractivity contribution in [2.24, 2.45) is 0 Å². The second kappa shape index (κ2) is 6.25. The summed E-state index contributed by atoms with van der Waals surface area (Å²) in [4.78, 5) is 0. The molecule has 0 aliphatic heterocycles. The largest absolute Gasteiger partial charge is 0.381 e. The van der Waals surface area contributed by atoms with Gasteiger partial charge in [-0.2, -0.15) is 0 Å². The van der Waals surface area contributed by atoms with Gasteiger partial charge in [-0.15, -0.1) is 0 Å². The van der Waals surface area contributed by atoms with Gasteiger partial charge in [-0.3, -0.25) is 0 Å². The number of hydrogen-bond acceptors (Lipinski definition) is 1. The van der Waals surface area contributed by atoms with Crippen LogP contribution in [0.2, 0.25) is 0 Å². The van der Waals surface area contributed by atoms with Crippen LogP contribution in [-0.2, 0) is 13.0 Å². The third-order valence-electron chi connectivity index (χ3n) is 3.24. The Morgan fingerprint density at radius 3 is 2.33 bits per heavy atom. The Balaban J connectivity index is 1.96. The van der Waals surface area contributed by atoms with Crippen LogP contribution in [0.4, 0.5) is 5.69 Å². The maximum atomic E-state index is 3.47. The monoisotopic (exact) mass is 239 g/mol. The zero-order valence-corrected chi connectivity index (χ0v) is 11.2. The molecular formula is C17H21N. The smallest absolute Gasteiger partial charge is 0.0403 e. The van der Waals surface area contributed by atoms with Gasteiger partial charge in [0.25, 0.3) is 0 Å². The van der Waals surface area contributed by atoms with Gasteiger partial charge in [0.1, 0.15) is 0 Å². The maximum Gasteiger partial charge on any atom is 0.0403 e. The van der Waals surface area contributed by atoms with Crippen molar-refractivity contribution < 1.29 is 0 Å². The Kier molecular flexibility index (Phi) is 4.40. The molecule has 2 aromatic carbocycles. The molecule has 0 atom stereocenters. The molecule has 0 aliphatic rings. The van der Waals surface area contributed by atoms with Crippen LogP contribution in [0.25, 0.3) is 0 Å². The molecule has 0 saturated carbocycles. The van der Waals surface area contributed by atoms with Gasteiger partial charge >= 0.3 is 0 Å². The molecule has 0 radical (unpaired) electrons. The minimum absolute atomic E-state index is 0.889. The van der Waals surface area contributed by atoms with Crippen LogP contribution in [0.3, 0.4) is 0 Å². The molecule has 0 fully saturated rings. The van der Waals surface area contributed by atoms with Gasteiger partial charge < -0.3 is 5.32 Å². The predicted octanol–water partition coefficient (Wildman–Crippen LogP) is 4.56. The van der Waals surface area contributed by atoms with E-state index >= 15 is 0 Å². The maximum absolute atomic E-state index is 3.47. The third-order valence-corrected chi connectivity index (χ3v) is 3.24. The summed E-state index contributed by atoms with van der Waals surface area (Å²) in [6.07, 6.45) is 2.37. The van der Waals surface area contributed by atoms with E-state index in [9.17, 15) is 0 Å². The normalized spacial score (nSPS) is 10.3. The topological polar surface area (TPSA) is 12.0 Å². The van der Waals surface area contributed by atoms with Crippen LogP contribution in [0.1, 0.15) is 30.0 Å². The van der Waals surface area contributed by atoms with Crippen LogP contribution < -0.4 is 5.32 Å². The first kappa shape index (κ1) is 12.7. The standard InChI is InChI=1S/C17H21N/c1-3-6-15-9-11-17(12-10-15)18-13-16-8-5-4-7-14(16)2/h4-5,7-12,18H,3,6,13H2,1-2H3. The Labute approximate surface area is 110 Å². The average molecular weight is 239 g/mol. The van der Waals surface area contributed by atoms with E-state index in [-0.39, 0.29) is 0 Å². The Bertz CT molecular complexity index is 485. The summed E-state index contributed by atoms with van der Waals surface area (Å²) in [6, 6.07) is 17.3. The summed E-state index contributed by atoms with van der Waals surface area (Å²) < 4.78 is 0. The first-order chi connectivity index (χ1) is 8.79. The average Bonchev–Trinajstić information content (AvgIpc) is 2.40. The molecule has 0 bridgehead atoms. The van der Waals surface area contributed by atoms with Crippen molar-refractivity contribution in [3.05, 3.63) is 65.2 Å².